The second kappa shape index (κ2) is 7.04. The molecule has 1 aromatic rings. The number of nitro benzene ring substituents is 1. The Kier molecular flexibility index (Phi) is 5.46. The highest BCUT2D eigenvalue weighted by molar-refractivity contribution is 7.89. The summed E-state index contributed by atoms with van der Waals surface area (Å²) in [5.41, 5.74) is 0.0544. The van der Waals surface area contributed by atoms with Gasteiger partial charge in [0.1, 0.15) is 4.90 Å². The molecule has 9 heteroatoms. The molecule has 3 N–H and O–H groups in total. The number of non-ortho nitro benzene ring substituents is 1. The van der Waals surface area contributed by atoms with Crippen LogP contribution in [0.1, 0.15) is 25.7 Å². The van der Waals surface area contributed by atoms with Gasteiger partial charge in [-0.2, -0.15) is 0 Å². The first-order chi connectivity index (χ1) is 11.1. The Balaban J connectivity index is 2.30. The van der Waals surface area contributed by atoms with Crippen molar-refractivity contribution in [3.8, 4) is 0 Å². The molecule has 1 aliphatic rings. The molecule has 134 valence electrons. The van der Waals surface area contributed by atoms with E-state index >= 15 is 0 Å². The molecule has 8 nitrogen and oxygen atoms in total. The van der Waals surface area contributed by atoms with E-state index in [9.17, 15) is 18.5 Å². The lowest BCUT2D eigenvalue weighted by Crippen LogP contribution is -2.37. The summed E-state index contributed by atoms with van der Waals surface area (Å²) in [6.07, 6.45) is 4.34. The Morgan fingerprint density at radius 3 is 2.46 bits per heavy atom. The molecule has 1 aliphatic carbocycles. The number of benzene rings is 1. The topological polar surface area (TPSA) is 119 Å². The Labute approximate surface area is 142 Å². The van der Waals surface area contributed by atoms with Gasteiger partial charge in [0.05, 0.1) is 10.6 Å². The van der Waals surface area contributed by atoms with E-state index in [0.717, 1.165) is 38.3 Å². The van der Waals surface area contributed by atoms with Crippen molar-refractivity contribution in [2.75, 3.05) is 32.5 Å². The van der Waals surface area contributed by atoms with Crippen LogP contribution in [0.4, 0.5) is 11.4 Å². The van der Waals surface area contributed by atoms with Crippen molar-refractivity contribution in [1.82, 2.24) is 4.90 Å². The minimum atomic E-state index is -3.96. The molecular weight excluding hydrogens is 332 g/mol. The van der Waals surface area contributed by atoms with Crippen molar-refractivity contribution < 1.29 is 13.3 Å². The van der Waals surface area contributed by atoms with Gasteiger partial charge in [0.2, 0.25) is 10.0 Å². The molecule has 1 saturated carbocycles. The summed E-state index contributed by atoms with van der Waals surface area (Å²) >= 11 is 0. The van der Waals surface area contributed by atoms with Gasteiger partial charge in [0.25, 0.3) is 5.69 Å². The molecule has 1 fully saturated rings. The minimum absolute atomic E-state index is 0.0315. The highest BCUT2D eigenvalue weighted by Crippen LogP contribution is 2.39. The lowest BCUT2D eigenvalue weighted by molar-refractivity contribution is -0.384. The Bertz CT molecular complexity index is 712. The zero-order chi connectivity index (χ0) is 18.0. The number of primary sulfonamides is 1. The largest absolute Gasteiger partial charge is 0.383 e. The molecule has 0 bridgehead atoms. The molecule has 0 aliphatic heterocycles. The zero-order valence-corrected chi connectivity index (χ0v) is 14.8. The van der Waals surface area contributed by atoms with E-state index < -0.39 is 14.9 Å². The van der Waals surface area contributed by atoms with Crippen LogP contribution in [0.25, 0.3) is 0 Å². The molecule has 0 atom stereocenters. The molecule has 24 heavy (non-hydrogen) atoms. The van der Waals surface area contributed by atoms with E-state index in [0.29, 0.717) is 6.54 Å². The van der Waals surface area contributed by atoms with E-state index in [1.165, 1.54) is 12.1 Å². The Morgan fingerprint density at radius 2 is 1.96 bits per heavy atom. The molecule has 1 aromatic carbocycles. The van der Waals surface area contributed by atoms with Crippen LogP contribution >= 0.6 is 0 Å². The van der Waals surface area contributed by atoms with Crippen LogP contribution in [0.3, 0.4) is 0 Å². The van der Waals surface area contributed by atoms with Crippen LogP contribution < -0.4 is 10.5 Å². The van der Waals surface area contributed by atoms with Crippen LogP contribution in [-0.2, 0) is 10.0 Å². The predicted molar refractivity (Wildman–Crippen MR) is 92.4 cm³/mol. The van der Waals surface area contributed by atoms with Gasteiger partial charge in [-0.25, -0.2) is 13.6 Å². The Hall–Kier alpha value is -1.71. The first-order valence-corrected chi connectivity index (χ1v) is 9.37. The summed E-state index contributed by atoms with van der Waals surface area (Å²) in [6.45, 7) is 1.43. The number of nitro groups is 1. The molecule has 0 amide bonds. The smallest absolute Gasteiger partial charge is 0.271 e. The average Bonchev–Trinajstić information content (AvgIpc) is 2.91. The van der Waals surface area contributed by atoms with E-state index in [1.54, 1.807) is 0 Å². The van der Waals surface area contributed by atoms with Crippen LogP contribution in [0.5, 0.6) is 0 Å². The highest BCUT2D eigenvalue weighted by atomic mass is 32.2. The molecule has 0 radical (unpaired) electrons. The van der Waals surface area contributed by atoms with Crippen molar-refractivity contribution in [2.45, 2.75) is 30.6 Å². The lowest BCUT2D eigenvalue weighted by atomic mass is 9.85. The maximum Gasteiger partial charge on any atom is 0.271 e. The second-order valence-corrected chi connectivity index (χ2v) is 8.31. The third-order valence-electron chi connectivity index (χ3n) is 4.45. The third kappa shape index (κ3) is 4.43. The van der Waals surface area contributed by atoms with Gasteiger partial charge in [-0.1, -0.05) is 12.8 Å². The second-order valence-electron chi connectivity index (χ2n) is 6.78. The SMILES string of the molecule is CN(C)CC1(CNc2cc([N+](=O)[O-])ccc2S(N)(=O)=O)CCCC1. The van der Waals surface area contributed by atoms with Crippen molar-refractivity contribution in [1.29, 1.82) is 0 Å². The van der Waals surface area contributed by atoms with Crippen LogP contribution in [0.15, 0.2) is 23.1 Å². The fourth-order valence-corrected chi connectivity index (χ4v) is 4.18. The number of nitrogens with one attached hydrogen (secondary N) is 1. The van der Waals surface area contributed by atoms with Crippen molar-refractivity contribution in [3.63, 3.8) is 0 Å². The first-order valence-electron chi connectivity index (χ1n) is 7.83. The summed E-state index contributed by atoms with van der Waals surface area (Å²) in [5, 5.41) is 19.3. The van der Waals surface area contributed by atoms with Crippen LogP contribution in [0, 0.1) is 15.5 Å². The molecule has 0 unspecified atom stereocenters. The number of rotatable bonds is 7. The number of sulfonamides is 1. The highest BCUT2D eigenvalue weighted by Gasteiger charge is 2.34. The minimum Gasteiger partial charge on any atom is -0.383 e. The summed E-state index contributed by atoms with van der Waals surface area (Å²) in [5.74, 6) is 0. The van der Waals surface area contributed by atoms with Gasteiger partial charge in [-0.05, 0) is 33.0 Å². The Morgan fingerprint density at radius 1 is 1.33 bits per heavy atom. The van der Waals surface area contributed by atoms with Crippen molar-refractivity contribution in [2.24, 2.45) is 10.6 Å². The quantitative estimate of drug-likeness (QED) is 0.568. The van der Waals surface area contributed by atoms with Gasteiger partial charge < -0.3 is 10.2 Å². The summed E-state index contributed by atoms with van der Waals surface area (Å²) in [6, 6.07) is 3.57. The molecule has 2 rings (SSSR count). The number of hydrogen-bond donors (Lipinski definition) is 2. The van der Waals surface area contributed by atoms with Gasteiger partial charge in [0, 0.05) is 30.6 Å². The monoisotopic (exact) mass is 356 g/mol. The summed E-state index contributed by atoms with van der Waals surface area (Å²) in [4.78, 5) is 12.4. The van der Waals surface area contributed by atoms with E-state index in [-0.39, 0.29) is 21.7 Å². The first kappa shape index (κ1) is 18.6. The van der Waals surface area contributed by atoms with Gasteiger partial charge in [-0.3, -0.25) is 10.1 Å². The zero-order valence-electron chi connectivity index (χ0n) is 14.0. The molecule has 0 spiro atoms. The summed E-state index contributed by atoms with van der Waals surface area (Å²) < 4.78 is 23.5. The van der Waals surface area contributed by atoms with E-state index in [2.05, 4.69) is 10.2 Å². The number of nitrogens with two attached hydrogens (primary N) is 1. The van der Waals surface area contributed by atoms with E-state index in [4.69, 9.17) is 5.14 Å². The maximum atomic E-state index is 11.7. The number of nitrogens with zero attached hydrogens (tertiary/aromatic N) is 2. The molecular formula is C15H24N4O4S. The maximum absolute atomic E-state index is 11.7. The van der Waals surface area contributed by atoms with Crippen LogP contribution in [-0.4, -0.2) is 45.4 Å². The number of hydrogen-bond acceptors (Lipinski definition) is 6. The van der Waals surface area contributed by atoms with Gasteiger partial charge >= 0.3 is 0 Å². The normalized spacial score (nSPS) is 17.2. The van der Waals surface area contributed by atoms with Crippen LogP contribution in [0.2, 0.25) is 0 Å². The van der Waals surface area contributed by atoms with Crippen molar-refractivity contribution in [3.05, 3.63) is 28.3 Å². The lowest BCUT2D eigenvalue weighted by Gasteiger charge is -2.33. The predicted octanol–water partition coefficient (Wildman–Crippen LogP) is 1.78. The standard InChI is InChI=1S/C15H24N4O4S/c1-18(2)11-15(7-3-4-8-15)10-17-13-9-12(19(20)21)5-6-14(13)24(16,22)23/h5-6,9,17H,3-4,7-8,10-11H2,1-2H3,(H2,16,22,23). The summed E-state index contributed by atoms with van der Waals surface area (Å²) in [7, 11) is 0.0463. The molecule has 0 heterocycles. The van der Waals surface area contributed by atoms with Gasteiger partial charge in [-0.15, -0.1) is 0 Å². The fourth-order valence-electron chi connectivity index (χ4n) is 3.49. The fraction of sp³-hybridized carbons (Fsp3) is 0.600. The molecule has 0 saturated heterocycles. The third-order valence-corrected chi connectivity index (χ3v) is 5.42. The van der Waals surface area contributed by atoms with Gasteiger partial charge in [0.15, 0.2) is 0 Å². The van der Waals surface area contributed by atoms with Crippen molar-refractivity contribution >= 4 is 21.4 Å². The average molecular weight is 356 g/mol. The van der Waals surface area contributed by atoms with E-state index in [1.807, 2.05) is 14.1 Å². The molecule has 0 aromatic heterocycles. The number of anilines is 1.